The first-order valence-corrected chi connectivity index (χ1v) is 13.1. The van der Waals surface area contributed by atoms with Crippen LogP contribution in [0, 0.1) is 19.7 Å². The van der Waals surface area contributed by atoms with Crippen molar-refractivity contribution in [1.29, 1.82) is 0 Å². The lowest BCUT2D eigenvalue weighted by Gasteiger charge is -2.28. The largest absolute Gasteiger partial charge is 0.352 e. The van der Waals surface area contributed by atoms with Gasteiger partial charge in [0.2, 0.25) is 5.91 Å². The maximum absolute atomic E-state index is 13.2. The molecule has 0 aliphatic carbocycles. The number of carbonyl (C=O) groups is 1. The summed E-state index contributed by atoms with van der Waals surface area (Å²) >= 11 is 11.9. The predicted molar refractivity (Wildman–Crippen MR) is 152 cm³/mol. The number of nitrogens with one attached hydrogen (secondary N) is 2. The van der Waals surface area contributed by atoms with E-state index < -0.39 is 0 Å². The van der Waals surface area contributed by atoms with Crippen LogP contribution >= 0.6 is 23.8 Å². The molecule has 0 radical (unpaired) electrons. The predicted octanol–water partition coefficient (Wildman–Crippen LogP) is 6.28. The number of rotatable bonds is 7. The van der Waals surface area contributed by atoms with Crippen molar-refractivity contribution in [3.05, 3.63) is 112 Å². The Morgan fingerprint density at radius 3 is 2.53 bits per heavy atom. The summed E-state index contributed by atoms with van der Waals surface area (Å²) in [4.78, 5) is 19.4. The molecule has 2 aromatic heterocycles. The highest BCUT2D eigenvalue weighted by Gasteiger charge is 2.41. The smallest absolute Gasteiger partial charge is 0.226 e. The van der Waals surface area contributed by atoms with E-state index in [4.69, 9.17) is 23.8 Å². The van der Waals surface area contributed by atoms with Gasteiger partial charge in [-0.25, -0.2) is 4.39 Å². The van der Waals surface area contributed by atoms with Crippen molar-refractivity contribution in [3.63, 3.8) is 0 Å². The lowest BCUT2D eigenvalue weighted by molar-refractivity contribution is -0.116. The van der Waals surface area contributed by atoms with Gasteiger partial charge in [-0.15, -0.1) is 0 Å². The van der Waals surface area contributed by atoms with Crippen LogP contribution in [0.5, 0.6) is 0 Å². The highest BCUT2D eigenvalue weighted by Crippen LogP contribution is 2.41. The van der Waals surface area contributed by atoms with Crippen LogP contribution in [0.15, 0.2) is 79.0 Å². The summed E-state index contributed by atoms with van der Waals surface area (Å²) in [6, 6.07) is 21.1. The van der Waals surface area contributed by atoms with Crippen molar-refractivity contribution in [2.24, 2.45) is 0 Å². The number of anilines is 1. The number of nitrogens with zero attached hydrogens (tertiary/aromatic N) is 3. The molecule has 38 heavy (non-hydrogen) atoms. The molecule has 2 N–H and O–H groups in total. The summed E-state index contributed by atoms with van der Waals surface area (Å²) < 4.78 is 15.4. The highest BCUT2D eigenvalue weighted by atomic mass is 35.5. The van der Waals surface area contributed by atoms with Crippen LogP contribution in [0.3, 0.4) is 0 Å². The number of hydrogen-bond donors (Lipinski definition) is 2. The van der Waals surface area contributed by atoms with E-state index in [0.717, 1.165) is 28.3 Å². The SMILES string of the molecule is Cc1cc([C@@H]2[C@H](c3ccccn3)NC(=S)N2CCC(=O)Nc2ccc(F)cc2)c(C)n1-c1ccc(Cl)cc1. The van der Waals surface area contributed by atoms with Gasteiger partial charge in [0, 0.05) is 46.9 Å². The lowest BCUT2D eigenvalue weighted by atomic mass is 9.96. The number of amides is 1. The minimum absolute atomic E-state index is 0.175. The molecule has 4 aromatic rings. The third kappa shape index (κ3) is 5.28. The Morgan fingerprint density at radius 2 is 1.84 bits per heavy atom. The molecule has 1 amide bonds. The van der Waals surface area contributed by atoms with Crippen LogP contribution in [0.25, 0.3) is 5.69 Å². The minimum atomic E-state index is -0.351. The molecule has 0 bridgehead atoms. The fourth-order valence-corrected chi connectivity index (χ4v) is 5.50. The van der Waals surface area contributed by atoms with Crippen molar-refractivity contribution in [3.8, 4) is 5.69 Å². The second kappa shape index (κ2) is 10.9. The third-order valence-corrected chi connectivity index (χ3v) is 7.38. The summed E-state index contributed by atoms with van der Waals surface area (Å²) in [6.07, 6.45) is 1.98. The molecule has 6 nitrogen and oxygen atoms in total. The third-order valence-electron chi connectivity index (χ3n) is 6.78. The van der Waals surface area contributed by atoms with Crippen LogP contribution < -0.4 is 10.6 Å². The highest BCUT2D eigenvalue weighted by molar-refractivity contribution is 7.80. The zero-order valence-electron chi connectivity index (χ0n) is 21.0. The molecule has 1 fully saturated rings. The number of hydrogen-bond acceptors (Lipinski definition) is 3. The Kier molecular flexibility index (Phi) is 7.44. The molecular weight excluding hydrogens is 521 g/mol. The van der Waals surface area contributed by atoms with Gasteiger partial charge in [0.15, 0.2) is 5.11 Å². The van der Waals surface area contributed by atoms with Gasteiger partial charge in [0.1, 0.15) is 5.82 Å². The van der Waals surface area contributed by atoms with Crippen molar-refractivity contribution in [1.82, 2.24) is 19.8 Å². The molecule has 9 heteroatoms. The average Bonchev–Trinajstić information content (AvgIpc) is 3.39. The summed E-state index contributed by atoms with van der Waals surface area (Å²) in [5.74, 6) is -0.526. The number of halogens is 2. The Labute approximate surface area is 231 Å². The van der Waals surface area contributed by atoms with Crippen molar-refractivity contribution >= 4 is 40.5 Å². The van der Waals surface area contributed by atoms with Gasteiger partial charge in [-0.1, -0.05) is 17.7 Å². The Bertz CT molecular complexity index is 1460. The quantitative estimate of drug-likeness (QED) is 0.267. The number of carbonyl (C=O) groups excluding carboxylic acids is 1. The number of benzene rings is 2. The monoisotopic (exact) mass is 547 g/mol. The van der Waals surface area contributed by atoms with E-state index in [1.807, 2.05) is 42.5 Å². The first-order chi connectivity index (χ1) is 18.3. The molecule has 2 atom stereocenters. The minimum Gasteiger partial charge on any atom is -0.352 e. The van der Waals surface area contributed by atoms with E-state index in [-0.39, 0.29) is 30.2 Å². The molecule has 1 aliphatic heterocycles. The molecular formula is C29H27ClFN5OS. The summed E-state index contributed by atoms with van der Waals surface area (Å²) in [5, 5.41) is 7.53. The Hall–Kier alpha value is -3.75. The van der Waals surface area contributed by atoms with Gasteiger partial charge in [0.05, 0.1) is 17.8 Å². The van der Waals surface area contributed by atoms with Gasteiger partial charge in [-0.2, -0.15) is 0 Å². The van der Waals surface area contributed by atoms with Crippen LogP contribution in [-0.2, 0) is 4.79 Å². The van der Waals surface area contributed by atoms with Gasteiger partial charge in [0.25, 0.3) is 0 Å². The van der Waals surface area contributed by atoms with E-state index in [9.17, 15) is 9.18 Å². The molecule has 0 saturated carbocycles. The van der Waals surface area contributed by atoms with Gasteiger partial charge in [-0.05, 0) is 98.4 Å². The lowest BCUT2D eigenvalue weighted by Crippen LogP contribution is -2.32. The van der Waals surface area contributed by atoms with Gasteiger partial charge >= 0.3 is 0 Å². The van der Waals surface area contributed by atoms with Crippen molar-refractivity contribution < 1.29 is 9.18 Å². The fourth-order valence-electron chi connectivity index (χ4n) is 5.04. The molecule has 3 heterocycles. The van der Waals surface area contributed by atoms with Gasteiger partial charge < -0.3 is 20.1 Å². The number of pyridine rings is 1. The Balaban J connectivity index is 1.46. The van der Waals surface area contributed by atoms with E-state index in [2.05, 4.69) is 45.0 Å². The standard InChI is InChI=1S/C29H27ClFN5OS/c1-18-17-24(19(2)36(18)23-12-6-20(30)7-13-23)28-27(25-5-3-4-15-32-25)34-29(38)35(28)16-14-26(37)33-22-10-8-21(31)9-11-22/h3-13,15,17,27-28H,14,16H2,1-2H3,(H,33,37)(H,34,38)/t27-,28+/m0/s1. The van der Waals surface area contributed by atoms with E-state index in [1.54, 1.807) is 18.3 Å². The number of aromatic nitrogens is 2. The maximum Gasteiger partial charge on any atom is 0.226 e. The fraction of sp³-hybridized carbons (Fsp3) is 0.207. The molecule has 5 rings (SSSR count). The zero-order valence-corrected chi connectivity index (χ0v) is 22.6. The van der Waals surface area contributed by atoms with E-state index >= 15 is 0 Å². The van der Waals surface area contributed by atoms with Crippen LogP contribution in [-0.4, -0.2) is 32.0 Å². The van der Waals surface area contributed by atoms with E-state index in [0.29, 0.717) is 22.4 Å². The number of aryl methyl sites for hydroxylation is 1. The number of thiocarbonyl (C=S) groups is 1. The molecule has 2 aromatic carbocycles. The summed E-state index contributed by atoms with van der Waals surface area (Å²) in [5.41, 5.74) is 5.68. The second-order valence-electron chi connectivity index (χ2n) is 9.26. The molecule has 0 spiro atoms. The van der Waals surface area contributed by atoms with Crippen molar-refractivity contribution in [2.45, 2.75) is 32.4 Å². The van der Waals surface area contributed by atoms with E-state index in [1.165, 1.54) is 12.1 Å². The van der Waals surface area contributed by atoms with Crippen LogP contribution in [0.2, 0.25) is 5.02 Å². The molecule has 194 valence electrons. The van der Waals surface area contributed by atoms with Crippen molar-refractivity contribution in [2.75, 3.05) is 11.9 Å². The first kappa shape index (κ1) is 25.9. The average molecular weight is 548 g/mol. The summed E-state index contributed by atoms with van der Waals surface area (Å²) in [6.45, 7) is 4.56. The summed E-state index contributed by atoms with van der Waals surface area (Å²) in [7, 11) is 0. The van der Waals surface area contributed by atoms with Gasteiger partial charge in [-0.3, -0.25) is 9.78 Å². The molecule has 0 unspecified atom stereocenters. The molecule has 1 saturated heterocycles. The first-order valence-electron chi connectivity index (χ1n) is 12.3. The maximum atomic E-state index is 13.2. The Morgan fingerprint density at radius 1 is 1.11 bits per heavy atom. The van der Waals surface area contributed by atoms with Crippen LogP contribution in [0.4, 0.5) is 10.1 Å². The topological polar surface area (TPSA) is 62.2 Å². The second-order valence-corrected chi connectivity index (χ2v) is 10.1. The normalized spacial score (nSPS) is 16.9. The zero-order chi connectivity index (χ0) is 26.8. The van der Waals surface area contributed by atoms with Crippen LogP contribution in [0.1, 0.15) is 41.1 Å². The molecule has 1 aliphatic rings.